The molecule has 1 aromatic heterocycles. The number of aromatic nitrogens is 2. The van der Waals surface area contributed by atoms with Crippen LogP contribution in [-0.4, -0.2) is 22.5 Å². The Labute approximate surface area is 186 Å². The third-order valence-corrected chi connectivity index (χ3v) is 7.81. The lowest BCUT2D eigenvalue weighted by molar-refractivity contribution is -0.137. The van der Waals surface area contributed by atoms with Crippen LogP contribution in [0.5, 0.6) is 0 Å². The van der Waals surface area contributed by atoms with Crippen molar-refractivity contribution >= 4 is 5.97 Å². The standard InChI is InChI=1S/C25H29F3N2O2/c1-2-32-23(31)21-20(7-8-24-12-15-9-16(13-24)11-17(10-15)14-24)29-22(30-21)18-5-3-4-6-19(18)25(26,27)28/h3-6,15-17H,2,7-14H2,1H3,(H,29,30). The summed E-state index contributed by atoms with van der Waals surface area (Å²) in [6.45, 7) is 1.90. The van der Waals surface area contributed by atoms with Gasteiger partial charge in [-0.1, -0.05) is 18.2 Å². The predicted octanol–water partition coefficient (Wildman–Crippen LogP) is 6.42. The van der Waals surface area contributed by atoms with Gasteiger partial charge in [0.15, 0.2) is 5.69 Å². The van der Waals surface area contributed by atoms with E-state index in [1.807, 2.05) is 0 Å². The Morgan fingerprint density at radius 3 is 2.34 bits per heavy atom. The molecule has 0 aliphatic heterocycles. The molecule has 4 nitrogen and oxygen atoms in total. The van der Waals surface area contributed by atoms with E-state index in [0.29, 0.717) is 17.5 Å². The van der Waals surface area contributed by atoms with Gasteiger partial charge in [-0.3, -0.25) is 0 Å². The fraction of sp³-hybridized carbons (Fsp3) is 0.600. The fourth-order valence-electron chi connectivity index (χ4n) is 7.01. The summed E-state index contributed by atoms with van der Waals surface area (Å²) in [4.78, 5) is 20.0. The van der Waals surface area contributed by atoms with Crippen molar-refractivity contribution in [3.8, 4) is 11.4 Å². The van der Waals surface area contributed by atoms with Crippen LogP contribution in [0.25, 0.3) is 11.4 Å². The van der Waals surface area contributed by atoms with Crippen molar-refractivity contribution in [2.75, 3.05) is 6.61 Å². The predicted molar refractivity (Wildman–Crippen MR) is 114 cm³/mol. The number of benzene rings is 1. The number of H-pyrrole nitrogens is 1. The summed E-state index contributed by atoms with van der Waals surface area (Å²) in [6, 6.07) is 5.33. The van der Waals surface area contributed by atoms with Crippen LogP contribution in [0.4, 0.5) is 13.2 Å². The van der Waals surface area contributed by atoms with Crippen molar-refractivity contribution in [3.63, 3.8) is 0 Å². The van der Waals surface area contributed by atoms with Gasteiger partial charge in [0, 0.05) is 11.3 Å². The average Bonchev–Trinajstić information content (AvgIpc) is 3.15. The molecule has 4 aliphatic rings. The molecule has 4 saturated carbocycles. The minimum absolute atomic E-state index is 0.0494. The molecule has 0 saturated heterocycles. The smallest absolute Gasteiger partial charge is 0.417 e. The molecule has 0 atom stereocenters. The third kappa shape index (κ3) is 3.95. The van der Waals surface area contributed by atoms with Crippen molar-refractivity contribution in [1.29, 1.82) is 0 Å². The molecule has 172 valence electrons. The van der Waals surface area contributed by atoms with Crippen LogP contribution in [0.3, 0.4) is 0 Å². The van der Waals surface area contributed by atoms with E-state index in [4.69, 9.17) is 4.74 Å². The Bertz CT molecular complexity index is 976. The van der Waals surface area contributed by atoms with Gasteiger partial charge in [0.05, 0.1) is 12.2 Å². The van der Waals surface area contributed by atoms with E-state index in [1.54, 1.807) is 13.0 Å². The summed E-state index contributed by atoms with van der Waals surface area (Å²) in [6.07, 6.45) is 4.82. The molecule has 4 aliphatic carbocycles. The van der Waals surface area contributed by atoms with Crippen LogP contribution in [0.2, 0.25) is 0 Å². The minimum Gasteiger partial charge on any atom is -0.461 e. The number of alkyl halides is 3. The monoisotopic (exact) mass is 446 g/mol. The van der Waals surface area contributed by atoms with Crippen molar-refractivity contribution in [1.82, 2.24) is 9.97 Å². The van der Waals surface area contributed by atoms with Gasteiger partial charge < -0.3 is 9.72 Å². The van der Waals surface area contributed by atoms with E-state index < -0.39 is 17.7 Å². The zero-order valence-electron chi connectivity index (χ0n) is 18.3. The zero-order valence-corrected chi connectivity index (χ0v) is 18.3. The van der Waals surface area contributed by atoms with Gasteiger partial charge in [-0.15, -0.1) is 0 Å². The SMILES string of the molecule is CCOC(=O)c1nc(-c2ccccc2C(F)(F)F)[nH]c1CCC12CC3CC(CC(C3)C1)C2. The highest BCUT2D eigenvalue weighted by atomic mass is 19.4. The molecule has 0 radical (unpaired) electrons. The second kappa shape index (κ2) is 7.92. The molecule has 4 fully saturated rings. The molecular formula is C25H29F3N2O2. The average molecular weight is 447 g/mol. The first-order valence-corrected chi connectivity index (χ1v) is 11.7. The van der Waals surface area contributed by atoms with Gasteiger partial charge in [-0.2, -0.15) is 13.2 Å². The first-order chi connectivity index (χ1) is 15.3. The van der Waals surface area contributed by atoms with Crippen molar-refractivity contribution in [2.45, 2.75) is 64.5 Å². The maximum Gasteiger partial charge on any atom is 0.417 e. The van der Waals surface area contributed by atoms with Gasteiger partial charge in [-0.05, 0) is 87.5 Å². The lowest BCUT2D eigenvalue weighted by atomic mass is 9.48. The lowest BCUT2D eigenvalue weighted by Gasteiger charge is -2.57. The molecule has 1 heterocycles. The Morgan fingerprint density at radius 2 is 1.75 bits per heavy atom. The van der Waals surface area contributed by atoms with Crippen molar-refractivity contribution < 1.29 is 22.7 Å². The molecule has 1 N–H and O–H groups in total. The van der Waals surface area contributed by atoms with E-state index in [1.165, 1.54) is 50.7 Å². The number of nitrogens with one attached hydrogen (secondary N) is 1. The molecular weight excluding hydrogens is 417 g/mol. The van der Waals surface area contributed by atoms with Gasteiger partial charge in [0.2, 0.25) is 0 Å². The number of rotatable bonds is 6. The number of carbonyl (C=O) groups is 1. The molecule has 0 unspecified atom stereocenters. The number of carbonyl (C=O) groups excluding carboxylic acids is 1. The maximum absolute atomic E-state index is 13.6. The van der Waals surface area contributed by atoms with Crippen molar-refractivity contribution in [2.24, 2.45) is 23.2 Å². The summed E-state index contributed by atoms with van der Waals surface area (Å²) >= 11 is 0. The van der Waals surface area contributed by atoms with E-state index in [-0.39, 0.29) is 23.7 Å². The zero-order chi connectivity index (χ0) is 22.5. The van der Waals surface area contributed by atoms with Gasteiger partial charge >= 0.3 is 12.1 Å². The highest BCUT2D eigenvalue weighted by Gasteiger charge is 2.50. The molecule has 1 aromatic carbocycles. The van der Waals surface area contributed by atoms with Crippen LogP contribution in [0, 0.1) is 23.2 Å². The number of imidazole rings is 1. The Hall–Kier alpha value is -2.31. The summed E-state index contributed by atoms with van der Waals surface area (Å²) in [5, 5.41) is 0. The Kier molecular flexibility index (Phi) is 5.33. The first kappa shape index (κ1) is 21.5. The fourth-order valence-corrected chi connectivity index (χ4v) is 7.01. The number of nitrogens with zero attached hydrogens (tertiary/aromatic N) is 1. The summed E-state index contributed by atoms with van der Waals surface area (Å²) in [7, 11) is 0. The quantitative estimate of drug-likeness (QED) is 0.521. The number of esters is 1. The summed E-state index contributed by atoms with van der Waals surface area (Å²) in [5.74, 6) is 1.95. The first-order valence-electron chi connectivity index (χ1n) is 11.7. The second-order valence-electron chi connectivity index (χ2n) is 10.1. The number of halogens is 3. The molecule has 0 spiro atoms. The number of ether oxygens (including phenoxy) is 1. The minimum atomic E-state index is -4.51. The van der Waals surface area contributed by atoms with E-state index in [9.17, 15) is 18.0 Å². The van der Waals surface area contributed by atoms with Gasteiger partial charge in [-0.25, -0.2) is 9.78 Å². The Balaban J connectivity index is 1.45. The molecule has 6 rings (SSSR count). The van der Waals surface area contributed by atoms with Crippen LogP contribution >= 0.6 is 0 Å². The van der Waals surface area contributed by atoms with Gasteiger partial charge in [0.25, 0.3) is 0 Å². The maximum atomic E-state index is 13.6. The molecule has 32 heavy (non-hydrogen) atoms. The third-order valence-electron chi connectivity index (χ3n) is 7.81. The number of hydrogen-bond donors (Lipinski definition) is 1. The number of hydrogen-bond acceptors (Lipinski definition) is 3. The summed E-state index contributed by atoms with van der Waals surface area (Å²) < 4.78 is 45.8. The van der Waals surface area contributed by atoms with Crippen LogP contribution in [0.1, 0.15) is 73.6 Å². The molecule has 2 aromatic rings. The largest absolute Gasteiger partial charge is 0.461 e. The van der Waals surface area contributed by atoms with Crippen LogP contribution < -0.4 is 0 Å². The molecule has 7 heteroatoms. The van der Waals surface area contributed by atoms with Gasteiger partial charge in [0.1, 0.15) is 5.82 Å². The van der Waals surface area contributed by atoms with E-state index >= 15 is 0 Å². The Morgan fingerprint density at radius 1 is 1.12 bits per heavy atom. The normalized spacial score (nSPS) is 28.8. The van der Waals surface area contributed by atoms with Crippen molar-refractivity contribution in [3.05, 3.63) is 41.2 Å². The van der Waals surface area contributed by atoms with Crippen LogP contribution in [0.15, 0.2) is 24.3 Å². The molecule has 4 bridgehead atoms. The topological polar surface area (TPSA) is 55.0 Å². The molecule has 0 amide bonds. The van der Waals surface area contributed by atoms with E-state index in [2.05, 4.69) is 9.97 Å². The summed E-state index contributed by atoms with van der Waals surface area (Å²) in [5.41, 5.74) is 0.189. The van der Waals surface area contributed by atoms with Crippen LogP contribution in [-0.2, 0) is 17.3 Å². The second-order valence-corrected chi connectivity index (χ2v) is 10.1. The highest BCUT2D eigenvalue weighted by Crippen LogP contribution is 2.61. The lowest BCUT2D eigenvalue weighted by Crippen LogP contribution is -2.46. The highest BCUT2D eigenvalue weighted by molar-refractivity contribution is 5.89. The number of aryl methyl sites for hydroxylation is 1. The number of aromatic amines is 1. The van der Waals surface area contributed by atoms with E-state index in [0.717, 1.165) is 30.2 Å².